The second-order valence-electron chi connectivity index (χ2n) is 4.84. The van der Waals surface area contributed by atoms with E-state index in [-0.39, 0.29) is 12.1 Å². The summed E-state index contributed by atoms with van der Waals surface area (Å²) in [5.41, 5.74) is 0.680. The molecule has 1 aliphatic rings. The summed E-state index contributed by atoms with van der Waals surface area (Å²) in [4.78, 5) is 11.9. The van der Waals surface area contributed by atoms with Crippen molar-refractivity contribution in [2.45, 2.75) is 19.4 Å². The molecule has 0 radical (unpaired) electrons. The highest BCUT2D eigenvalue weighted by Crippen LogP contribution is 2.23. The second-order valence-corrected chi connectivity index (χ2v) is 4.84. The van der Waals surface area contributed by atoms with E-state index in [0.29, 0.717) is 17.4 Å². The highest BCUT2D eigenvalue weighted by molar-refractivity contribution is 5.91. The molecule has 5 heteroatoms. The normalized spacial score (nSPS) is 19.8. The van der Waals surface area contributed by atoms with E-state index in [1.54, 1.807) is 7.11 Å². The van der Waals surface area contributed by atoms with Crippen LogP contribution >= 0.6 is 0 Å². The number of ether oxygens (including phenoxy) is 1. The second kappa shape index (κ2) is 6.43. The van der Waals surface area contributed by atoms with Gasteiger partial charge in [-0.05, 0) is 44.5 Å². The van der Waals surface area contributed by atoms with Gasteiger partial charge in [0.15, 0.2) is 0 Å². The summed E-state index contributed by atoms with van der Waals surface area (Å²) < 4.78 is 5.20. The van der Waals surface area contributed by atoms with Crippen LogP contribution in [0.1, 0.15) is 13.3 Å². The number of amides is 2. The third-order valence-corrected chi connectivity index (χ3v) is 3.52. The fourth-order valence-electron chi connectivity index (χ4n) is 2.33. The van der Waals surface area contributed by atoms with Crippen LogP contribution in [0.5, 0.6) is 5.75 Å². The molecule has 1 aliphatic heterocycles. The molecule has 2 atom stereocenters. The molecule has 1 fully saturated rings. The van der Waals surface area contributed by atoms with Crippen molar-refractivity contribution in [1.29, 1.82) is 0 Å². The number of hydrogen-bond donors (Lipinski definition) is 3. The zero-order valence-electron chi connectivity index (χ0n) is 11.4. The van der Waals surface area contributed by atoms with Gasteiger partial charge in [-0.3, -0.25) is 0 Å². The molecule has 5 nitrogen and oxygen atoms in total. The molecule has 1 aromatic rings. The number of methoxy groups -OCH3 is 1. The van der Waals surface area contributed by atoms with E-state index in [4.69, 9.17) is 4.74 Å². The van der Waals surface area contributed by atoms with E-state index in [2.05, 4.69) is 16.0 Å². The average Bonchev–Trinajstić information content (AvgIpc) is 2.93. The van der Waals surface area contributed by atoms with E-state index < -0.39 is 0 Å². The number of rotatable bonds is 4. The number of carbonyl (C=O) groups excluding carboxylic acids is 1. The summed E-state index contributed by atoms with van der Waals surface area (Å²) in [7, 11) is 1.59. The molecule has 0 aromatic heterocycles. The highest BCUT2D eigenvalue weighted by Gasteiger charge is 2.22. The molecule has 1 aromatic carbocycles. The van der Waals surface area contributed by atoms with Gasteiger partial charge < -0.3 is 20.7 Å². The van der Waals surface area contributed by atoms with Gasteiger partial charge in [0, 0.05) is 6.04 Å². The molecule has 1 saturated heterocycles. The topological polar surface area (TPSA) is 62.4 Å². The van der Waals surface area contributed by atoms with Crippen LogP contribution in [0.25, 0.3) is 0 Å². The lowest BCUT2D eigenvalue weighted by atomic mass is 10.0. The Kier molecular flexibility index (Phi) is 4.63. The van der Waals surface area contributed by atoms with Crippen molar-refractivity contribution in [2.75, 3.05) is 25.5 Å². The molecule has 2 unspecified atom stereocenters. The molecule has 0 saturated carbocycles. The maximum Gasteiger partial charge on any atom is 0.319 e. The predicted octanol–water partition coefficient (Wildman–Crippen LogP) is 1.81. The van der Waals surface area contributed by atoms with Crippen LogP contribution in [-0.4, -0.2) is 32.3 Å². The van der Waals surface area contributed by atoms with Crippen molar-refractivity contribution in [3.05, 3.63) is 24.3 Å². The molecule has 0 bridgehead atoms. The van der Waals surface area contributed by atoms with Crippen LogP contribution in [0.2, 0.25) is 0 Å². The Balaban J connectivity index is 1.89. The van der Waals surface area contributed by atoms with Crippen molar-refractivity contribution in [2.24, 2.45) is 5.92 Å². The maximum atomic E-state index is 11.9. The molecule has 104 valence electrons. The van der Waals surface area contributed by atoms with Gasteiger partial charge >= 0.3 is 6.03 Å². The van der Waals surface area contributed by atoms with Crippen LogP contribution in [0.3, 0.4) is 0 Å². The van der Waals surface area contributed by atoms with E-state index in [1.165, 1.54) is 0 Å². The van der Waals surface area contributed by atoms with Gasteiger partial charge in [0.05, 0.1) is 12.8 Å². The average molecular weight is 263 g/mol. The van der Waals surface area contributed by atoms with Crippen LogP contribution in [0, 0.1) is 5.92 Å². The molecule has 2 rings (SSSR count). The number of benzene rings is 1. The summed E-state index contributed by atoms with van der Waals surface area (Å²) in [5.74, 6) is 1.16. The lowest BCUT2D eigenvalue weighted by Gasteiger charge is -2.20. The molecule has 0 spiro atoms. The fourth-order valence-corrected chi connectivity index (χ4v) is 2.33. The summed E-state index contributed by atoms with van der Waals surface area (Å²) in [6.45, 7) is 4.04. The van der Waals surface area contributed by atoms with Crippen LogP contribution in [-0.2, 0) is 0 Å². The minimum atomic E-state index is -0.191. The van der Waals surface area contributed by atoms with Gasteiger partial charge in [-0.1, -0.05) is 12.1 Å². The van der Waals surface area contributed by atoms with Crippen molar-refractivity contribution in [3.8, 4) is 5.75 Å². The Morgan fingerprint density at radius 3 is 2.95 bits per heavy atom. The Hall–Kier alpha value is -1.75. The summed E-state index contributed by atoms with van der Waals surface area (Å²) in [6, 6.07) is 7.34. The minimum absolute atomic E-state index is 0.157. The monoisotopic (exact) mass is 263 g/mol. The summed E-state index contributed by atoms with van der Waals surface area (Å²) >= 11 is 0. The van der Waals surface area contributed by atoms with Crippen molar-refractivity contribution in [3.63, 3.8) is 0 Å². The smallest absolute Gasteiger partial charge is 0.319 e. The first-order chi connectivity index (χ1) is 9.20. The lowest BCUT2D eigenvalue weighted by molar-refractivity contribution is 0.245. The zero-order valence-corrected chi connectivity index (χ0v) is 11.4. The lowest BCUT2D eigenvalue weighted by Crippen LogP contribution is -2.41. The van der Waals surface area contributed by atoms with E-state index in [9.17, 15) is 4.79 Å². The first-order valence-electron chi connectivity index (χ1n) is 6.62. The van der Waals surface area contributed by atoms with Crippen molar-refractivity contribution >= 4 is 11.7 Å². The quantitative estimate of drug-likeness (QED) is 0.776. The fraction of sp³-hybridized carbons (Fsp3) is 0.500. The minimum Gasteiger partial charge on any atom is -0.495 e. The van der Waals surface area contributed by atoms with Crippen molar-refractivity contribution < 1.29 is 9.53 Å². The summed E-state index contributed by atoms with van der Waals surface area (Å²) in [5, 5.41) is 9.10. The third kappa shape index (κ3) is 3.61. The van der Waals surface area contributed by atoms with Crippen LogP contribution in [0.15, 0.2) is 24.3 Å². The number of anilines is 1. The molecule has 1 heterocycles. The van der Waals surface area contributed by atoms with Crippen LogP contribution < -0.4 is 20.7 Å². The Labute approximate surface area is 113 Å². The Bertz CT molecular complexity index is 430. The van der Waals surface area contributed by atoms with E-state index >= 15 is 0 Å². The molecule has 0 aliphatic carbocycles. The van der Waals surface area contributed by atoms with Gasteiger partial charge in [-0.25, -0.2) is 4.79 Å². The van der Waals surface area contributed by atoms with Gasteiger partial charge in [-0.15, -0.1) is 0 Å². The highest BCUT2D eigenvalue weighted by atomic mass is 16.5. The van der Waals surface area contributed by atoms with Gasteiger partial charge in [0.1, 0.15) is 5.75 Å². The number of nitrogens with one attached hydrogen (secondary N) is 3. The van der Waals surface area contributed by atoms with Gasteiger partial charge in [-0.2, -0.15) is 0 Å². The molecule has 3 N–H and O–H groups in total. The van der Waals surface area contributed by atoms with Crippen LogP contribution in [0.4, 0.5) is 10.5 Å². The largest absolute Gasteiger partial charge is 0.495 e. The van der Waals surface area contributed by atoms with Gasteiger partial charge in [0.25, 0.3) is 0 Å². The zero-order chi connectivity index (χ0) is 13.7. The maximum absolute atomic E-state index is 11.9. The molecular weight excluding hydrogens is 242 g/mol. The SMILES string of the molecule is COc1ccccc1NC(=O)NC(C)C1CCNC1. The van der Waals surface area contributed by atoms with E-state index in [1.807, 2.05) is 31.2 Å². The molecule has 2 amide bonds. The standard InChI is InChI=1S/C14H21N3O2/c1-10(11-7-8-15-9-11)16-14(18)17-12-5-3-4-6-13(12)19-2/h3-6,10-11,15H,7-9H2,1-2H3,(H2,16,17,18). The first kappa shape index (κ1) is 13.7. The summed E-state index contributed by atoms with van der Waals surface area (Å²) in [6.07, 6.45) is 1.11. The van der Waals surface area contributed by atoms with Crippen molar-refractivity contribution in [1.82, 2.24) is 10.6 Å². The number of urea groups is 1. The number of hydrogen-bond acceptors (Lipinski definition) is 3. The number of carbonyl (C=O) groups is 1. The Morgan fingerprint density at radius 1 is 1.47 bits per heavy atom. The molecule has 19 heavy (non-hydrogen) atoms. The first-order valence-corrected chi connectivity index (χ1v) is 6.62. The predicted molar refractivity (Wildman–Crippen MR) is 75.6 cm³/mol. The Morgan fingerprint density at radius 2 is 2.26 bits per heavy atom. The third-order valence-electron chi connectivity index (χ3n) is 3.52. The van der Waals surface area contributed by atoms with E-state index in [0.717, 1.165) is 19.5 Å². The van der Waals surface area contributed by atoms with Gasteiger partial charge in [0.2, 0.25) is 0 Å². The number of para-hydroxylation sites is 2. The molecular formula is C14H21N3O2.